The highest BCUT2D eigenvalue weighted by Gasteiger charge is 2.53. The lowest BCUT2D eigenvalue weighted by atomic mass is 10.1. The Bertz CT molecular complexity index is 493. The van der Waals surface area contributed by atoms with Gasteiger partial charge in [-0.1, -0.05) is 0 Å². The van der Waals surface area contributed by atoms with Crippen LogP contribution in [0.3, 0.4) is 0 Å². The standard InChI is InChI=1S/C13H16N4/c1-7-3-8(2)16-13(9(7)4-14)17-12-10-5-15-6-11(10)12/h3,10-12,15H,5-6H2,1-2H3,(H,16,17). The summed E-state index contributed by atoms with van der Waals surface area (Å²) in [5.74, 6) is 2.22. The van der Waals surface area contributed by atoms with Crippen LogP contribution < -0.4 is 10.6 Å². The molecule has 3 rings (SSSR count). The number of nitrogens with zero attached hydrogens (tertiary/aromatic N) is 2. The minimum Gasteiger partial charge on any atom is -0.366 e. The van der Waals surface area contributed by atoms with Crippen molar-refractivity contribution in [1.82, 2.24) is 10.3 Å². The summed E-state index contributed by atoms with van der Waals surface area (Å²) in [6.07, 6.45) is 0. The smallest absolute Gasteiger partial charge is 0.144 e. The number of aromatic nitrogens is 1. The number of aryl methyl sites for hydroxylation is 2. The van der Waals surface area contributed by atoms with Gasteiger partial charge in [0.1, 0.15) is 11.9 Å². The Kier molecular flexibility index (Phi) is 2.30. The maximum Gasteiger partial charge on any atom is 0.144 e. The minimum atomic E-state index is 0.511. The average Bonchev–Trinajstić information content (AvgIpc) is 2.74. The van der Waals surface area contributed by atoms with Crippen molar-refractivity contribution >= 4 is 5.82 Å². The molecule has 1 aromatic heterocycles. The molecule has 1 saturated carbocycles. The molecule has 2 unspecified atom stereocenters. The van der Waals surface area contributed by atoms with E-state index in [0.717, 1.165) is 42.0 Å². The number of hydrogen-bond donors (Lipinski definition) is 2. The summed E-state index contributed by atoms with van der Waals surface area (Å²) < 4.78 is 0. The monoisotopic (exact) mass is 228 g/mol. The van der Waals surface area contributed by atoms with E-state index >= 15 is 0 Å². The second-order valence-corrected chi connectivity index (χ2v) is 5.07. The first-order valence-corrected chi connectivity index (χ1v) is 6.06. The number of anilines is 1. The molecule has 0 spiro atoms. The molecule has 1 saturated heterocycles. The van der Waals surface area contributed by atoms with Crippen molar-refractivity contribution in [3.8, 4) is 6.07 Å². The molecule has 4 nitrogen and oxygen atoms in total. The van der Waals surface area contributed by atoms with E-state index in [4.69, 9.17) is 0 Å². The number of piperidine rings is 1. The first-order chi connectivity index (χ1) is 8.20. The maximum absolute atomic E-state index is 9.18. The van der Waals surface area contributed by atoms with E-state index in [9.17, 15) is 5.26 Å². The Morgan fingerprint density at radius 1 is 1.41 bits per heavy atom. The van der Waals surface area contributed by atoms with E-state index < -0.39 is 0 Å². The maximum atomic E-state index is 9.18. The molecule has 4 heteroatoms. The number of pyridine rings is 1. The zero-order valence-electron chi connectivity index (χ0n) is 10.1. The van der Waals surface area contributed by atoms with Gasteiger partial charge in [0.05, 0.1) is 5.56 Å². The lowest BCUT2D eigenvalue weighted by molar-refractivity contribution is 0.695. The molecule has 2 fully saturated rings. The first kappa shape index (κ1) is 10.5. The molecular formula is C13H16N4. The molecule has 0 amide bonds. The van der Waals surface area contributed by atoms with Gasteiger partial charge in [-0.2, -0.15) is 5.26 Å². The van der Waals surface area contributed by atoms with E-state index in [1.807, 2.05) is 19.9 Å². The van der Waals surface area contributed by atoms with Gasteiger partial charge >= 0.3 is 0 Å². The molecule has 1 aliphatic heterocycles. The Morgan fingerprint density at radius 3 is 2.76 bits per heavy atom. The third-order valence-corrected chi connectivity index (χ3v) is 3.85. The quantitative estimate of drug-likeness (QED) is 0.798. The van der Waals surface area contributed by atoms with Crippen molar-refractivity contribution in [3.63, 3.8) is 0 Å². The van der Waals surface area contributed by atoms with E-state index in [-0.39, 0.29) is 0 Å². The summed E-state index contributed by atoms with van der Waals surface area (Å²) in [7, 11) is 0. The Hall–Kier alpha value is -1.60. The van der Waals surface area contributed by atoms with Gasteiger partial charge in [0.2, 0.25) is 0 Å². The fraction of sp³-hybridized carbons (Fsp3) is 0.538. The number of nitrogens with one attached hydrogen (secondary N) is 2. The van der Waals surface area contributed by atoms with Crippen LogP contribution in [0.4, 0.5) is 5.82 Å². The molecule has 0 radical (unpaired) electrons. The van der Waals surface area contributed by atoms with Crippen LogP contribution in [0.15, 0.2) is 6.07 Å². The summed E-state index contributed by atoms with van der Waals surface area (Å²) in [4.78, 5) is 4.46. The number of nitriles is 1. The van der Waals surface area contributed by atoms with Gasteiger partial charge in [-0.15, -0.1) is 0 Å². The van der Waals surface area contributed by atoms with Gasteiger partial charge in [0.15, 0.2) is 0 Å². The van der Waals surface area contributed by atoms with Crippen molar-refractivity contribution in [2.24, 2.45) is 11.8 Å². The van der Waals surface area contributed by atoms with Crippen LogP contribution in [0.25, 0.3) is 0 Å². The zero-order valence-corrected chi connectivity index (χ0v) is 10.1. The third kappa shape index (κ3) is 1.67. The van der Waals surface area contributed by atoms with Crippen molar-refractivity contribution < 1.29 is 0 Å². The predicted molar refractivity (Wildman–Crippen MR) is 65.7 cm³/mol. The van der Waals surface area contributed by atoms with Gasteiger partial charge in [-0.25, -0.2) is 4.98 Å². The fourth-order valence-electron chi connectivity index (χ4n) is 2.87. The summed E-state index contributed by atoms with van der Waals surface area (Å²) in [6.45, 7) is 6.12. The topological polar surface area (TPSA) is 60.7 Å². The van der Waals surface area contributed by atoms with Crippen LogP contribution in [0.5, 0.6) is 0 Å². The molecule has 0 aromatic carbocycles. The third-order valence-electron chi connectivity index (χ3n) is 3.85. The van der Waals surface area contributed by atoms with Gasteiger partial charge in [-0.05, 0) is 37.3 Å². The van der Waals surface area contributed by atoms with Crippen LogP contribution in [0.1, 0.15) is 16.8 Å². The molecule has 88 valence electrons. The van der Waals surface area contributed by atoms with Gasteiger partial charge in [0, 0.05) is 24.8 Å². The van der Waals surface area contributed by atoms with E-state index in [2.05, 4.69) is 21.7 Å². The van der Waals surface area contributed by atoms with Crippen molar-refractivity contribution in [3.05, 3.63) is 22.9 Å². The lowest BCUT2D eigenvalue weighted by Gasteiger charge is -2.12. The first-order valence-electron chi connectivity index (χ1n) is 6.06. The fourth-order valence-corrected chi connectivity index (χ4v) is 2.87. The van der Waals surface area contributed by atoms with E-state index in [0.29, 0.717) is 11.6 Å². The number of hydrogen-bond acceptors (Lipinski definition) is 4. The second-order valence-electron chi connectivity index (χ2n) is 5.07. The molecule has 2 atom stereocenters. The molecule has 17 heavy (non-hydrogen) atoms. The average molecular weight is 228 g/mol. The van der Waals surface area contributed by atoms with E-state index in [1.165, 1.54) is 0 Å². The predicted octanol–water partition coefficient (Wildman–Crippen LogP) is 1.20. The highest BCUT2D eigenvalue weighted by Crippen LogP contribution is 2.43. The summed E-state index contributed by atoms with van der Waals surface area (Å²) >= 11 is 0. The van der Waals surface area contributed by atoms with Gasteiger partial charge in [-0.3, -0.25) is 0 Å². The van der Waals surface area contributed by atoms with Gasteiger partial charge < -0.3 is 10.6 Å². The second kappa shape index (κ2) is 3.71. The molecule has 2 aliphatic rings. The van der Waals surface area contributed by atoms with Crippen LogP contribution in [-0.4, -0.2) is 24.1 Å². The van der Waals surface area contributed by atoms with Crippen molar-refractivity contribution in [2.75, 3.05) is 18.4 Å². The SMILES string of the molecule is Cc1cc(C)c(C#N)c(NC2C3CNCC32)n1. The van der Waals surface area contributed by atoms with Crippen molar-refractivity contribution in [1.29, 1.82) is 5.26 Å². The lowest BCUT2D eigenvalue weighted by Crippen LogP contribution is -2.22. The van der Waals surface area contributed by atoms with E-state index in [1.54, 1.807) is 0 Å². The largest absolute Gasteiger partial charge is 0.366 e. The summed E-state index contributed by atoms with van der Waals surface area (Å²) in [6, 6.07) is 4.72. The highest BCUT2D eigenvalue weighted by molar-refractivity contribution is 5.57. The molecule has 1 aliphatic carbocycles. The minimum absolute atomic E-state index is 0.511. The Labute approximate surface area is 101 Å². The molecule has 2 heterocycles. The van der Waals surface area contributed by atoms with Crippen LogP contribution >= 0.6 is 0 Å². The molecule has 2 N–H and O–H groups in total. The summed E-state index contributed by atoms with van der Waals surface area (Å²) in [5, 5.41) is 16.0. The Morgan fingerprint density at radius 2 is 2.12 bits per heavy atom. The van der Waals surface area contributed by atoms with Crippen LogP contribution in [0.2, 0.25) is 0 Å². The van der Waals surface area contributed by atoms with Crippen molar-refractivity contribution in [2.45, 2.75) is 19.9 Å². The van der Waals surface area contributed by atoms with Crippen LogP contribution in [-0.2, 0) is 0 Å². The molecule has 0 bridgehead atoms. The van der Waals surface area contributed by atoms with Gasteiger partial charge in [0.25, 0.3) is 0 Å². The normalized spacial score (nSPS) is 29.6. The zero-order chi connectivity index (χ0) is 12.0. The number of rotatable bonds is 2. The van der Waals surface area contributed by atoms with Crippen LogP contribution in [0, 0.1) is 37.0 Å². The summed E-state index contributed by atoms with van der Waals surface area (Å²) in [5.41, 5.74) is 2.66. The number of fused-ring (bicyclic) bond motifs is 1. The molecular weight excluding hydrogens is 212 g/mol. The molecule has 1 aromatic rings. The highest BCUT2D eigenvalue weighted by atomic mass is 15.1. The Balaban J connectivity index is 1.85.